The quantitative estimate of drug-likeness (QED) is 0.110. The molecule has 6 heteroatoms. The average molecular weight is 450 g/mol. The van der Waals surface area contributed by atoms with Gasteiger partial charge in [0, 0.05) is 11.3 Å². The molecule has 34 heavy (non-hydrogen) atoms. The van der Waals surface area contributed by atoms with Crippen LogP contribution in [-0.4, -0.2) is 16.9 Å². The minimum Gasteiger partial charge on any atom is -0.478 e. The molecule has 0 aliphatic rings. The molecule has 0 aliphatic carbocycles. The third-order valence-electron chi connectivity index (χ3n) is 5.18. The van der Waals surface area contributed by atoms with Crippen molar-refractivity contribution in [1.82, 2.24) is 0 Å². The molecule has 0 amide bonds. The van der Waals surface area contributed by atoms with Crippen molar-refractivity contribution < 1.29 is 19.4 Å². The summed E-state index contributed by atoms with van der Waals surface area (Å²) >= 11 is 0. The van der Waals surface area contributed by atoms with Crippen LogP contribution < -0.4 is 16.2 Å². The van der Waals surface area contributed by atoms with E-state index in [4.69, 9.17) is 16.2 Å². The zero-order valence-electron chi connectivity index (χ0n) is 18.1. The lowest BCUT2D eigenvalue weighted by molar-refractivity contribution is -0.132. The van der Waals surface area contributed by atoms with E-state index in [2.05, 4.69) is 0 Å². The smallest absolute Gasteiger partial charge is 0.339 e. The second-order valence-corrected chi connectivity index (χ2v) is 7.60. The van der Waals surface area contributed by atoms with Crippen LogP contribution in [0.5, 0.6) is 11.5 Å². The largest absolute Gasteiger partial charge is 0.478 e. The van der Waals surface area contributed by atoms with Gasteiger partial charge in [0.05, 0.1) is 5.69 Å². The van der Waals surface area contributed by atoms with Crippen molar-refractivity contribution in [2.24, 2.45) is 0 Å². The second kappa shape index (κ2) is 9.75. The number of hydrogen-bond acceptors (Lipinski definition) is 5. The summed E-state index contributed by atoms with van der Waals surface area (Å²) in [6.07, 6.45) is 1.38. The number of Topliss-reactive ketones (excluding diaryl/α,β-unsaturated/α-hetero) is 1. The maximum atomic E-state index is 12.6. The number of anilines is 2. The normalized spacial score (nSPS) is 11.1. The van der Waals surface area contributed by atoms with Crippen LogP contribution in [0.2, 0.25) is 0 Å². The summed E-state index contributed by atoms with van der Waals surface area (Å²) in [5.41, 5.74) is 15.2. The van der Waals surface area contributed by atoms with E-state index in [1.54, 1.807) is 60.7 Å². The Bertz CT molecular complexity index is 1360. The molecule has 0 fully saturated rings. The van der Waals surface area contributed by atoms with Gasteiger partial charge in [-0.3, -0.25) is 4.79 Å². The summed E-state index contributed by atoms with van der Waals surface area (Å²) in [4.78, 5) is 24.3. The molecule has 0 aromatic heterocycles. The molecule has 0 atom stereocenters. The van der Waals surface area contributed by atoms with Crippen LogP contribution in [0.15, 0.2) is 103 Å². The lowest BCUT2D eigenvalue weighted by atomic mass is 9.99. The Morgan fingerprint density at radius 1 is 0.765 bits per heavy atom. The van der Waals surface area contributed by atoms with E-state index >= 15 is 0 Å². The summed E-state index contributed by atoms with van der Waals surface area (Å²) in [7, 11) is 0. The van der Waals surface area contributed by atoms with Crippen molar-refractivity contribution in [3.63, 3.8) is 0 Å². The molecule has 4 aromatic rings. The lowest BCUT2D eigenvalue weighted by Crippen LogP contribution is -2.12. The lowest BCUT2D eigenvalue weighted by Gasteiger charge is -2.10. The van der Waals surface area contributed by atoms with Gasteiger partial charge in [0.1, 0.15) is 17.1 Å². The monoisotopic (exact) mass is 450 g/mol. The van der Waals surface area contributed by atoms with Crippen molar-refractivity contribution in [2.45, 2.75) is 0 Å². The highest BCUT2D eigenvalue weighted by atomic mass is 16.5. The first-order chi connectivity index (χ1) is 16.4. The Morgan fingerprint density at radius 3 is 1.97 bits per heavy atom. The van der Waals surface area contributed by atoms with Gasteiger partial charge in [0.15, 0.2) is 5.78 Å². The zero-order chi connectivity index (χ0) is 24.1. The first-order valence-electron chi connectivity index (χ1n) is 10.5. The number of carbonyl (C=O) groups is 2. The van der Waals surface area contributed by atoms with E-state index in [0.29, 0.717) is 34.0 Å². The second-order valence-electron chi connectivity index (χ2n) is 7.60. The molecule has 4 aromatic carbocycles. The minimum atomic E-state index is -1.27. The third-order valence-corrected chi connectivity index (χ3v) is 5.18. The summed E-state index contributed by atoms with van der Waals surface area (Å²) < 4.78 is 5.82. The zero-order valence-corrected chi connectivity index (χ0v) is 18.1. The number of carboxylic acid groups (broad SMARTS) is 1. The van der Waals surface area contributed by atoms with Crippen LogP contribution in [0.25, 0.3) is 17.2 Å². The Balaban J connectivity index is 1.51. The number of nitrogens with two attached hydrogens (primary N) is 2. The maximum absolute atomic E-state index is 12.6. The van der Waals surface area contributed by atoms with Crippen molar-refractivity contribution >= 4 is 29.2 Å². The maximum Gasteiger partial charge on any atom is 0.339 e. The van der Waals surface area contributed by atoms with Crippen LogP contribution in [0.3, 0.4) is 0 Å². The Morgan fingerprint density at radius 2 is 1.38 bits per heavy atom. The van der Waals surface area contributed by atoms with Gasteiger partial charge in [-0.1, -0.05) is 66.7 Å². The van der Waals surface area contributed by atoms with E-state index in [-0.39, 0.29) is 5.57 Å². The molecule has 0 bridgehead atoms. The first kappa shape index (κ1) is 22.4. The molecule has 4 rings (SSSR count). The van der Waals surface area contributed by atoms with E-state index in [9.17, 15) is 14.7 Å². The topological polar surface area (TPSA) is 116 Å². The third kappa shape index (κ3) is 5.14. The first-order valence-corrected chi connectivity index (χ1v) is 10.5. The van der Waals surface area contributed by atoms with Crippen molar-refractivity contribution in [2.75, 3.05) is 11.5 Å². The van der Waals surface area contributed by atoms with Crippen molar-refractivity contribution in [3.05, 3.63) is 114 Å². The number of carboxylic acids is 1. The molecule has 0 saturated carbocycles. The SMILES string of the molecule is Nc1ccc(Oc2ccc(-c3ccc(C=C(C(=O)O)C(=O)c4ccccc4)cc3)cc2)c(N)c1. The number of nitrogen functional groups attached to an aromatic ring is 2. The van der Waals surface area contributed by atoms with Gasteiger partial charge in [0.2, 0.25) is 0 Å². The van der Waals surface area contributed by atoms with Gasteiger partial charge in [-0.15, -0.1) is 0 Å². The van der Waals surface area contributed by atoms with Crippen molar-refractivity contribution in [1.29, 1.82) is 0 Å². The fourth-order valence-electron chi connectivity index (χ4n) is 3.41. The highest BCUT2D eigenvalue weighted by Crippen LogP contribution is 2.30. The number of carbonyl (C=O) groups excluding carboxylic acids is 1. The number of hydrogen-bond donors (Lipinski definition) is 3. The van der Waals surface area contributed by atoms with Gasteiger partial charge < -0.3 is 21.3 Å². The van der Waals surface area contributed by atoms with E-state index in [0.717, 1.165) is 11.1 Å². The summed E-state index contributed by atoms with van der Waals surface area (Å²) in [6, 6.07) is 28.2. The van der Waals surface area contributed by atoms with Gasteiger partial charge in [0.25, 0.3) is 0 Å². The van der Waals surface area contributed by atoms with Gasteiger partial charge in [-0.05, 0) is 53.1 Å². The molecular formula is C28H22N2O4. The van der Waals surface area contributed by atoms with E-state index < -0.39 is 11.8 Å². The predicted octanol–water partition coefficient (Wildman–Crippen LogP) is 5.66. The van der Waals surface area contributed by atoms with Crippen LogP contribution in [0, 0.1) is 0 Å². The standard InChI is InChI=1S/C28H22N2O4/c29-22-12-15-26(25(30)17-22)34-23-13-10-20(11-14-23)19-8-6-18(7-9-19)16-24(28(32)33)27(31)21-4-2-1-3-5-21/h1-17H,29-30H2,(H,32,33). The van der Waals surface area contributed by atoms with Crippen LogP contribution in [-0.2, 0) is 4.79 Å². The van der Waals surface area contributed by atoms with Crippen molar-refractivity contribution in [3.8, 4) is 22.6 Å². The minimum absolute atomic E-state index is 0.289. The molecule has 5 N–H and O–H groups in total. The number of benzene rings is 4. The average Bonchev–Trinajstić information content (AvgIpc) is 2.85. The molecule has 0 saturated heterocycles. The molecule has 0 heterocycles. The fourth-order valence-corrected chi connectivity index (χ4v) is 3.41. The molecular weight excluding hydrogens is 428 g/mol. The van der Waals surface area contributed by atoms with Gasteiger partial charge in [-0.25, -0.2) is 4.79 Å². The van der Waals surface area contributed by atoms with Crippen LogP contribution in [0.1, 0.15) is 15.9 Å². The van der Waals surface area contributed by atoms with Crippen LogP contribution >= 0.6 is 0 Å². The Kier molecular flexibility index (Phi) is 6.41. The molecule has 6 nitrogen and oxygen atoms in total. The molecule has 0 unspecified atom stereocenters. The van der Waals surface area contributed by atoms with E-state index in [1.165, 1.54) is 6.08 Å². The van der Waals surface area contributed by atoms with Crippen LogP contribution in [0.4, 0.5) is 11.4 Å². The highest BCUT2D eigenvalue weighted by molar-refractivity contribution is 6.26. The molecule has 0 radical (unpaired) electrons. The van der Waals surface area contributed by atoms with Gasteiger partial charge >= 0.3 is 5.97 Å². The molecule has 0 spiro atoms. The highest BCUT2D eigenvalue weighted by Gasteiger charge is 2.19. The van der Waals surface area contributed by atoms with E-state index in [1.807, 2.05) is 36.4 Å². The molecule has 168 valence electrons. The Hall–Kier alpha value is -4.84. The summed E-state index contributed by atoms with van der Waals surface area (Å²) in [5, 5.41) is 9.55. The fraction of sp³-hybridized carbons (Fsp3) is 0. The number of rotatable bonds is 7. The number of ether oxygens (including phenoxy) is 1. The summed E-state index contributed by atoms with van der Waals surface area (Å²) in [5.74, 6) is -0.646. The summed E-state index contributed by atoms with van der Waals surface area (Å²) in [6.45, 7) is 0. The predicted molar refractivity (Wildman–Crippen MR) is 134 cm³/mol. The number of ketones is 1. The number of aliphatic carboxylic acids is 1. The molecule has 0 aliphatic heterocycles. The Labute approximate surface area is 196 Å². The van der Waals surface area contributed by atoms with Gasteiger partial charge in [-0.2, -0.15) is 0 Å².